The summed E-state index contributed by atoms with van der Waals surface area (Å²) in [6, 6.07) is 0. The van der Waals surface area contributed by atoms with Gasteiger partial charge in [0.15, 0.2) is 0 Å². The van der Waals surface area contributed by atoms with Crippen LogP contribution in [0.3, 0.4) is 0 Å². The Bertz CT molecular complexity index is 2570. The molecule has 300 valence electrons. The molecule has 2 saturated carbocycles. The van der Waals surface area contributed by atoms with Crippen molar-refractivity contribution in [1.29, 1.82) is 0 Å². The van der Waals surface area contributed by atoms with Crippen molar-refractivity contribution in [2.24, 2.45) is 46.8 Å². The van der Waals surface area contributed by atoms with Gasteiger partial charge in [-0.25, -0.2) is 0 Å². The first kappa shape index (κ1) is 35.4. The number of nitrogens with zero attached hydrogens (tertiary/aromatic N) is 13. The molecule has 1 unspecified atom stereocenters. The second-order valence-electron chi connectivity index (χ2n) is 16.0. The molecule has 0 spiro atoms. The Kier molecular flexibility index (Phi) is 8.26. The van der Waals surface area contributed by atoms with E-state index in [1.807, 2.05) is 3.52 Å². The van der Waals surface area contributed by atoms with E-state index in [0.717, 1.165) is 25.7 Å². The van der Waals surface area contributed by atoms with Gasteiger partial charge in [0.05, 0.1) is 0 Å². The van der Waals surface area contributed by atoms with Crippen molar-refractivity contribution >= 4 is 78.7 Å². The summed E-state index contributed by atoms with van der Waals surface area (Å²) in [6.07, 6.45) is 14.7. The molecule has 5 N–H and O–H groups in total. The summed E-state index contributed by atoms with van der Waals surface area (Å²) in [6.45, 7) is 1.64. The molecule has 3 aromatic rings. The maximum absolute atomic E-state index is 10.5. The average Bonchev–Trinajstić information content (AvgIpc) is 3.99. The van der Waals surface area contributed by atoms with Crippen LogP contribution in [0, 0.1) is 11.8 Å². The van der Waals surface area contributed by atoms with E-state index >= 15 is 0 Å². The summed E-state index contributed by atoms with van der Waals surface area (Å²) in [5.41, 5.74) is 4.53. The predicted molar refractivity (Wildman–Crippen MR) is 219 cm³/mol. The number of aliphatic imine (C=N–C) groups is 7. The number of amidine groups is 5. The number of fused-ring (bicyclic) bond motifs is 12. The van der Waals surface area contributed by atoms with E-state index in [1.165, 1.54) is 0 Å². The fraction of sp³-hybridized carbons (Fsp3) is 0.447. The van der Waals surface area contributed by atoms with Gasteiger partial charge in [-0.3, -0.25) is 0 Å². The van der Waals surface area contributed by atoms with Crippen molar-refractivity contribution in [1.82, 2.24) is 43.3 Å². The quantitative estimate of drug-likeness (QED) is 0.223. The van der Waals surface area contributed by atoms with E-state index in [0.29, 0.717) is 138 Å². The number of aromatic nitrogens is 5. The van der Waals surface area contributed by atoms with E-state index in [-0.39, 0.29) is 24.0 Å². The summed E-state index contributed by atoms with van der Waals surface area (Å²) in [7, 11) is 0. The predicted octanol–water partition coefficient (Wildman–Crippen LogP) is 1.67. The van der Waals surface area contributed by atoms with Crippen LogP contribution in [-0.2, 0) is 7.53 Å². The first-order valence-corrected chi connectivity index (χ1v) is 23.9. The van der Waals surface area contributed by atoms with Gasteiger partial charge in [-0.15, -0.1) is 0 Å². The summed E-state index contributed by atoms with van der Waals surface area (Å²) in [5.74, 6) is 3.16. The van der Waals surface area contributed by atoms with Crippen LogP contribution in [0.4, 0.5) is 11.6 Å². The second kappa shape index (κ2) is 13.8. The third-order valence-corrected chi connectivity index (χ3v) is 19.0. The van der Waals surface area contributed by atoms with Crippen LogP contribution >= 0.6 is 0 Å². The zero-order chi connectivity index (χ0) is 39.2. The summed E-state index contributed by atoms with van der Waals surface area (Å²) >= 11 is -5.20. The molecular formula is C38H40GeN16O4. The van der Waals surface area contributed by atoms with Crippen molar-refractivity contribution in [2.45, 2.75) is 69.7 Å². The van der Waals surface area contributed by atoms with Crippen LogP contribution in [0.5, 0.6) is 0 Å². The van der Waals surface area contributed by atoms with Gasteiger partial charge in [0.2, 0.25) is 0 Å². The normalized spacial score (nSPS) is 31.7. The zero-order valence-corrected chi connectivity index (χ0v) is 34.0. The van der Waals surface area contributed by atoms with Gasteiger partial charge in [-0.1, -0.05) is 0 Å². The molecule has 2 fully saturated rings. The SMILES string of the molecule is OC1CCC(C[O][Ge]2([O]CC3CCC(O)CC3)[N]3C4=NC5=N/C(=N\c6c7nccnc7c([n]62)/N=C2\N=C(NC3c3nccnc34)C3=C2N=CCN3)C2=C5N=CCN2)CC1. The number of aliphatic hydroxyl groups is 2. The number of rotatable bonds is 6. The number of hydrogen-bond donors (Lipinski definition) is 5. The van der Waals surface area contributed by atoms with Crippen molar-refractivity contribution < 1.29 is 17.7 Å². The standard InChI is InChI=1S/C38H40GeN16O4/c56-21-5-1-19(2-6-21)17-58-39(59-18-20-3-7-22(57)8-4-20)54-35-27-28(45-14-13-44-27)37(54)52-33-25-26(43-12-11-42-25)34(49-33)53-38-30-29(46-15-16-47-30)36(55(38)39)51-32-24-23(31(48-32)50-35)40-9-10-41-24/h9,12-16,19-22,36,41-42,56-57H,1-8,10-11,17-18H2,(H,48,50,51)/b52-33-,53-38?. The Morgan fingerprint density at radius 3 is 1.90 bits per heavy atom. The number of nitrogens with one attached hydrogen (secondary N) is 3. The van der Waals surface area contributed by atoms with Crippen LogP contribution in [0.1, 0.15) is 68.9 Å². The summed E-state index contributed by atoms with van der Waals surface area (Å²) in [4.78, 5) is 55.6. The van der Waals surface area contributed by atoms with Crippen LogP contribution in [0.25, 0.3) is 11.0 Å². The van der Waals surface area contributed by atoms with Gasteiger partial charge in [0.1, 0.15) is 0 Å². The van der Waals surface area contributed by atoms with Gasteiger partial charge in [0, 0.05) is 0 Å². The summed E-state index contributed by atoms with van der Waals surface area (Å²) in [5, 5.41) is 31.7. The molecule has 3 aromatic heterocycles. The first-order valence-electron chi connectivity index (χ1n) is 20.4. The fourth-order valence-electron chi connectivity index (χ4n) is 9.34. The monoisotopic (exact) mass is 858 g/mol. The molecule has 0 saturated heterocycles. The molecule has 6 bridgehead atoms. The molecule has 59 heavy (non-hydrogen) atoms. The minimum atomic E-state index is -5.20. The van der Waals surface area contributed by atoms with Gasteiger partial charge < -0.3 is 0 Å². The van der Waals surface area contributed by atoms with Gasteiger partial charge >= 0.3 is 341 Å². The maximum atomic E-state index is 10.5. The van der Waals surface area contributed by atoms with Crippen LogP contribution in [-0.4, -0.2) is 132 Å². The number of hydrogen-bond acceptors (Lipinski definition) is 19. The molecule has 0 aromatic carbocycles. The second-order valence-corrected chi connectivity index (χ2v) is 21.5. The number of aliphatic hydroxyl groups excluding tert-OH is 2. The molecule has 10 heterocycles. The average molecular weight is 857 g/mol. The Morgan fingerprint density at radius 1 is 0.644 bits per heavy atom. The Hall–Kier alpha value is -5.55. The van der Waals surface area contributed by atoms with E-state index < -0.39 is 20.6 Å². The van der Waals surface area contributed by atoms with Crippen molar-refractivity contribution in [3.05, 3.63) is 59.0 Å². The molecule has 2 aliphatic carbocycles. The van der Waals surface area contributed by atoms with Gasteiger partial charge in [0.25, 0.3) is 0 Å². The van der Waals surface area contributed by atoms with Crippen LogP contribution < -0.4 is 16.0 Å². The molecule has 1 atom stereocenters. The fourth-order valence-corrected chi connectivity index (χ4v) is 16.7. The van der Waals surface area contributed by atoms with Crippen molar-refractivity contribution in [2.75, 3.05) is 26.3 Å². The Balaban J connectivity index is 1.19. The third-order valence-electron chi connectivity index (χ3n) is 12.3. The van der Waals surface area contributed by atoms with E-state index in [1.54, 1.807) is 37.2 Å². The Morgan fingerprint density at radius 2 is 1.22 bits per heavy atom. The van der Waals surface area contributed by atoms with Gasteiger partial charge in [-0.05, 0) is 0 Å². The Labute approximate surface area is 340 Å². The van der Waals surface area contributed by atoms with E-state index in [9.17, 15) is 10.2 Å². The van der Waals surface area contributed by atoms with E-state index in [4.69, 9.17) is 62.4 Å². The van der Waals surface area contributed by atoms with Crippen molar-refractivity contribution in [3.63, 3.8) is 0 Å². The third kappa shape index (κ3) is 5.60. The van der Waals surface area contributed by atoms with Crippen LogP contribution in [0.15, 0.2) is 82.5 Å². The molecule has 7 aliphatic heterocycles. The molecule has 20 nitrogen and oxygen atoms in total. The molecule has 21 heteroatoms. The first-order chi connectivity index (χ1) is 29.0. The molecule has 9 aliphatic rings. The molecular weight excluding hydrogens is 817 g/mol. The summed E-state index contributed by atoms with van der Waals surface area (Å²) < 4.78 is 19.5. The zero-order valence-electron chi connectivity index (χ0n) is 31.9. The van der Waals surface area contributed by atoms with Crippen molar-refractivity contribution in [3.8, 4) is 0 Å². The van der Waals surface area contributed by atoms with Gasteiger partial charge in [-0.2, -0.15) is 0 Å². The molecule has 12 rings (SSSR count). The minimum absolute atomic E-state index is 0.137. The molecule has 0 amide bonds. The topological polar surface area (TPSA) is 241 Å². The molecule has 0 radical (unpaired) electrons. The van der Waals surface area contributed by atoms with Crippen LogP contribution in [0.2, 0.25) is 0 Å². The van der Waals surface area contributed by atoms with E-state index in [2.05, 4.69) is 19.8 Å².